The largest absolute Gasteiger partial charge is 0.490 e. The topological polar surface area (TPSA) is 60.3 Å². The molecular formula is C24H29BrN4O2S. The van der Waals surface area contributed by atoms with Crippen LogP contribution in [-0.2, 0) is 13.0 Å². The van der Waals surface area contributed by atoms with Crippen molar-refractivity contribution in [2.75, 3.05) is 25.1 Å². The van der Waals surface area contributed by atoms with Crippen molar-refractivity contribution in [3.63, 3.8) is 0 Å². The number of halogens is 1. The van der Waals surface area contributed by atoms with Crippen molar-refractivity contribution in [1.82, 2.24) is 15.1 Å². The molecule has 0 bridgehead atoms. The van der Waals surface area contributed by atoms with Gasteiger partial charge in [0.2, 0.25) is 0 Å². The van der Waals surface area contributed by atoms with Crippen LogP contribution < -0.4 is 20.1 Å². The van der Waals surface area contributed by atoms with Gasteiger partial charge in [-0.15, -0.1) is 0 Å². The number of hydrogen-bond donors (Lipinski definition) is 2. The third-order valence-electron chi connectivity index (χ3n) is 4.72. The van der Waals surface area contributed by atoms with Gasteiger partial charge in [-0.3, -0.25) is 4.68 Å². The van der Waals surface area contributed by atoms with E-state index < -0.39 is 0 Å². The Morgan fingerprint density at radius 3 is 2.44 bits per heavy atom. The summed E-state index contributed by atoms with van der Waals surface area (Å²) in [5.41, 5.74) is 3.59. The first kappa shape index (κ1) is 24.1. The van der Waals surface area contributed by atoms with Crippen LogP contribution in [0.15, 0.2) is 53.1 Å². The summed E-state index contributed by atoms with van der Waals surface area (Å²) in [4.78, 5) is 0. The monoisotopic (exact) mass is 516 g/mol. The first-order valence-electron chi connectivity index (χ1n) is 10.7. The molecule has 0 aliphatic rings. The first-order valence-corrected chi connectivity index (χ1v) is 11.9. The number of nitrogens with zero attached hydrogens (tertiary/aromatic N) is 2. The second kappa shape index (κ2) is 11.9. The zero-order chi connectivity index (χ0) is 22.9. The Morgan fingerprint density at radius 2 is 1.72 bits per heavy atom. The standard InChI is InChI=1S/C24H29BrN4O2S/c1-4-30-21-11-10-18(14-22(21)31-5-2)12-13-26-24(32)27-23-20(25)16-29(28-23)15-19-8-6-17(3)7-9-19/h6-11,14,16H,4-5,12-13,15H2,1-3H3,(H2,26,27,28,32). The average Bonchev–Trinajstić information content (AvgIpc) is 3.10. The molecule has 0 spiro atoms. The van der Waals surface area contributed by atoms with E-state index >= 15 is 0 Å². The van der Waals surface area contributed by atoms with Crippen molar-refractivity contribution in [2.45, 2.75) is 33.7 Å². The van der Waals surface area contributed by atoms with Gasteiger partial charge in [-0.05, 0) is 78.6 Å². The van der Waals surface area contributed by atoms with Crippen molar-refractivity contribution in [3.8, 4) is 11.5 Å². The van der Waals surface area contributed by atoms with Crippen LogP contribution in [0.1, 0.15) is 30.5 Å². The fourth-order valence-electron chi connectivity index (χ4n) is 3.17. The predicted octanol–water partition coefficient (Wildman–Crippen LogP) is 5.33. The van der Waals surface area contributed by atoms with Crippen LogP contribution in [0.25, 0.3) is 0 Å². The summed E-state index contributed by atoms with van der Waals surface area (Å²) in [7, 11) is 0. The zero-order valence-electron chi connectivity index (χ0n) is 18.7. The van der Waals surface area contributed by atoms with Gasteiger partial charge < -0.3 is 20.1 Å². The molecule has 3 rings (SSSR count). The fraction of sp³-hybridized carbons (Fsp3) is 0.333. The van der Waals surface area contributed by atoms with E-state index in [4.69, 9.17) is 21.7 Å². The number of hydrogen-bond acceptors (Lipinski definition) is 4. The Balaban J connectivity index is 1.51. The summed E-state index contributed by atoms with van der Waals surface area (Å²) in [5, 5.41) is 11.5. The van der Waals surface area contributed by atoms with Gasteiger partial charge in [0.1, 0.15) is 0 Å². The van der Waals surface area contributed by atoms with Gasteiger partial charge in [-0.25, -0.2) is 0 Å². The second-order valence-electron chi connectivity index (χ2n) is 7.29. The summed E-state index contributed by atoms with van der Waals surface area (Å²) in [6.07, 6.45) is 2.75. The molecule has 0 amide bonds. The fourth-order valence-corrected chi connectivity index (χ4v) is 3.78. The van der Waals surface area contributed by atoms with Crippen molar-refractivity contribution < 1.29 is 9.47 Å². The highest BCUT2D eigenvalue weighted by molar-refractivity contribution is 9.10. The molecule has 0 radical (unpaired) electrons. The maximum absolute atomic E-state index is 5.70. The number of aromatic nitrogens is 2. The number of anilines is 1. The summed E-state index contributed by atoms with van der Waals surface area (Å²) in [5.74, 6) is 2.24. The zero-order valence-corrected chi connectivity index (χ0v) is 21.1. The lowest BCUT2D eigenvalue weighted by Crippen LogP contribution is -2.30. The van der Waals surface area contributed by atoms with Gasteiger partial charge in [0, 0.05) is 12.7 Å². The highest BCUT2D eigenvalue weighted by atomic mass is 79.9. The highest BCUT2D eigenvalue weighted by Gasteiger charge is 2.10. The molecule has 0 fully saturated rings. The Labute approximate surface area is 203 Å². The SMILES string of the molecule is CCOc1ccc(CCNC(=S)Nc2nn(Cc3ccc(C)cc3)cc2Br)cc1OCC. The van der Waals surface area contributed by atoms with E-state index in [1.165, 1.54) is 11.1 Å². The number of nitrogens with one attached hydrogen (secondary N) is 2. The molecule has 0 atom stereocenters. The lowest BCUT2D eigenvalue weighted by molar-refractivity contribution is 0.287. The molecule has 32 heavy (non-hydrogen) atoms. The molecule has 0 unspecified atom stereocenters. The second-order valence-corrected chi connectivity index (χ2v) is 8.55. The molecule has 8 heteroatoms. The minimum absolute atomic E-state index is 0.530. The number of ether oxygens (including phenoxy) is 2. The summed E-state index contributed by atoms with van der Waals surface area (Å²) < 4.78 is 14.1. The van der Waals surface area contributed by atoms with E-state index in [0.717, 1.165) is 28.0 Å². The average molecular weight is 517 g/mol. The van der Waals surface area contributed by atoms with Crippen LogP contribution in [0.2, 0.25) is 0 Å². The third-order valence-corrected chi connectivity index (χ3v) is 5.55. The third kappa shape index (κ3) is 6.97. The number of benzene rings is 2. The molecule has 0 aliphatic heterocycles. The smallest absolute Gasteiger partial charge is 0.172 e. The lowest BCUT2D eigenvalue weighted by Gasteiger charge is -2.13. The van der Waals surface area contributed by atoms with Gasteiger partial charge in [0.15, 0.2) is 22.4 Å². The van der Waals surface area contributed by atoms with E-state index in [9.17, 15) is 0 Å². The lowest BCUT2D eigenvalue weighted by atomic mass is 10.1. The van der Waals surface area contributed by atoms with Gasteiger partial charge in [-0.2, -0.15) is 5.10 Å². The number of thiocarbonyl (C=S) groups is 1. The van der Waals surface area contributed by atoms with Crippen LogP contribution in [0.4, 0.5) is 5.82 Å². The number of aryl methyl sites for hydroxylation is 1. The molecular weight excluding hydrogens is 488 g/mol. The predicted molar refractivity (Wildman–Crippen MR) is 137 cm³/mol. The first-order chi connectivity index (χ1) is 15.5. The van der Waals surface area contributed by atoms with Crippen LogP contribution in [0.3, 0.4) is 0 Å². The summed E-state index contributed by atoms with van der Waals surface area (Å²) >= 11 is 9.01. The minimum atomic E-state index is 0.530. The Bertz CT molecular complexity index is 1040. The molecule has 170 valence electrons. The normalized spacial score (nSPS) is 10.6. The van der Waals surface area contributed by atoms with E-state index in [2.05, 4.69) is 68.9 Å². The van der Waals surface area contributed by atoms with Crippen LogP contribution in [0.5, 0.6) is 11.5 Å². The Hall–Kier alpha value is -2.58. The quantitative estimate of drug-likeness (QED) is 0.355. The van der Waals surface area contributed by atoms with Crippen molar-refractivity contribution >= 4 is 39.1 Å². The van der Waals surface area contributed by atoms with E-state index in [1.54, 1.807) is 0 Å². The van der Waals surface area contributed by atoms with Crippen molar-refractivity contribution in [1.29, 1.82) is 0 Å². The summed E-state index contributed by atoms with van der Waals surface area (Å²) in [6.45, 7) is 8.60. The van der Waals surface area contributed by atoms with Gasteiger partial charge >= 0.3 is 0 Å². The molecule has 2 aromatic carbocycles. The van der Waals surface area contributed by atoms with E-state index in [-0.39, 0.29) is 0 Å². The molecule has 1 heterocycles. The van der Waals surface area contributed by atoms with Gasteiger partial charge in [-0.1, -0.05) is 35.9 Å². The maximum atomic E-state index is 5.70. The van der Waals surface area contributed by atoms with Crippen LogP contribution in [0, 0.1) is 6.92 Å². The number of rotatable bonds is 10. The molecule has 0 saturated heterocycles. The Kier molecular flexibility index (Phi) is 8.93. The van der Waals surface area contributed by atoms with E-state index in [0.29, 0.717) is 37.2 Å². The van der Waals surface area contributed by atoms with Crippen molar-refractivity contribution in [3.05, 3.63) is 69.8 Å². The molecule has 1 aromatic heterocycles. The molecule has 3 aromatic rings. The van der Waals surface area contributed by atoms with Crippen LogP contribution in [-0.4, -0.2) is 34.7 Å². The summed E-state index contributed by atoms with van der Waals surface area (Å²) in [6, 6.07) is 14.5. The minimum Gasteiger partial charge on any atom is -0.490 e. The highest BCUT2D eigenvalue weighted by Crippen LogP contribution is 2.28. The van der Waals surface area contributed by atoms with Gasteiger partial charge in [0.05, 0.1) is 24.2 Å². The molecule has 0 aliphatic carbocycles. The Morgan fingerprint density at radius 1 is 1.03 bits per heavy atom. The molecule has 2 N–H and O–H groups in total. The van der Waals surface area contributed by atoms with Crippen molar-refractivity contribution in [2.24, 2.45) is 0 Å². The molecule has 6 nitrogen and oxygen atoms in total. The van der Waals surface area contributed by atoms with E-state index in [1.807, 2.05) is 36.9 Å². The maximum Gasteiger partial charge on any atom is 0.172 e. The van der Waals surface area contributed by atoms with Gasteiger partial charge in [0.25, 0.3) is 0 Å². The molecule has 0 saturated carbocycles. The van der Waals surface area contributed by atoms with Crippen LogP contribution >= 0.6 is 28.1 Å².